The molecule has 0 N–H and O–H groups in total. The zero-order valence-corrected chi connectivity index (χ0v) is 11.2. The fraction of sp³-hybridized carbons (Fsp3) is 0.467. The van der Waals surface area contributed by atoms with Gasteiger partial charge >= 0.3 is 6.36 Å². The molecule has 0 atom stereocenters. The molecule has 1 aliphatic carbocycles. The summed E-state index contributed by atoms with van der Waals surface area (Å²) in [7, 11) is 0. The summed E-state index contributed by atoms with van der Waals surface area (Å²) in [6.07, 6.45) is 1.40. The predicted octanol–water partition coefficient (Wildman–Crippen LogP) is 4.94. The lowest BCUT2D eigenvalue weighted by molar-refractivity contribution is -0.275. The molecule has 0 saturated heterocycles. The molecule has 1 nitrogen and oxygen atoms in total. The van der Waals surface area contributed by atoms with Gasteiger partial charge in [0.05, 0.1) is 0 Å². The quantitative estimate of drug-likeness (QED) is 0.563. The Morgan fingerprint density at radius 2 is 1.95 bits per heavy atom. The summed E-state index contributed by atoms with van der Waals surface area (Å²) in [5.74, 6) is -1.71. The first-order valence-corrected chi connectivity index (χ1v) is 6.64. The molecular formula is C15H16F4O. The third kappa shape index (κ3) is 3.74. The van der Waals surface area contributed by atoms with Gasteiger partial charge in [0.15, 0.2) is 11.6 Å². The van der Waals surface area contributed by atoms with Gasteiger partial charge < -0.3 is 4.74 Å². The van der Waals surface area contributed by atoms with E-state index in [4.69, 9.17) is 0 Å². The fourth-order valence-corrected chi connectivity index (χ4v) is 2.36. The lowest BCUT2D eigenvalue weighted by Crippen LogP contribution is -2.18. The highest BCUT2D eigenvalue weighted by Gasteiger charge is 2.32. The molecule has 0 unspecified atom stereocenters. The summed E-state index contributed by atoms with van der Waals surface area (Å²) >= 11 is 0. The van der Waals surface area contributed by atoms with Crippen LogP contribution < -0.4 is 4.74 Å². The Morgan fingerprint density at radius 3 is 2.60 bits per heavy atom. The van der Waals surface area contributed by atoms with E-state index in [0.29, 0.717) is 18.4 Å². The van der Waals surface area contributed by atoms with E-state index in [0.717, 1.165) is 37.0 Å². The van der Waals surface area contributed by atoms with Crippen LogP contribution in [0.5, 0.6) is 5.75 Å². The predicted molar refractivity (Wildman–Crippen MR) is 68.1 cm³/mol. The van der Waals surface area contributed by atoms with Crippen LogP contribution in [0.25, 0.3) is 0 Å². The average Bonchev–Trinajstić information content (AvgIpc) is 2.35. The van der Waals surface area contributed by atoms with Crippen LogP contribution in [-0.4, -0.2) is 6.36 Å². The second-order valence-corrected chi connectivity index (χ2v) is 4.95. The zero-order valence-electron chi connectivity index (χ0n) is 11.2. The van der Waals surface area contributed by atoms with Gasteiger partial charge in [-0.3, -0.25) is 0 Å². The Balaban J connectivity index is 2.17. The van der Waals surface area contributed by atoms with Crippen LogP contribution in [0.4, 0.5) is 17.6 Å². The van der Waals surface area contributed by atoms with Crippen LogP contribution in [-0.2, 0) is 12.8 Å². The first kappa shape index (κ1) is 14.9. The molecule has 0 aliphatic heterocycles. The maximum absolute atomic E-state index is 13.6. The van der Waals surface area contributed by atoms with E-state index >= 15 is 0 Å². The molecule has 0 fully saturated rings. The largest absolute Gasteiger partial charge is 0.573 e. The molecule has 5 heteroatoms. The van der Waals surface area contributed by atoms with Gasteiger partial charge in [-0.05, 0) is 48.9 Å². The Labute approximate surface area is 115 Å². The second-order valence-electron chi connectivity index (χ2n) is 4.95. The van der Waals surface area contributed by atoms with Crippen molar-refractivity contribution >= 4 is 0 Å². The molecule has 1 aromatic carbocycles. The molecule has 1 aliphatic rings. The van der Waals surface area contributed by atoms with Gasteiger partial charge in [0.1, 0.15) is 0 Å². The zero-order chi connectivity index (χ0) is 14.8. The summed E-state index contributed by atoms with van der Waals surface area (Å²) in [5, 5.41) is 0. The molecule has 0 amide bonds. The molecule has 1 aromatic rings. The molecule has 0 aromatic heterocycles. The normalized spacial score (nSPS) is 14.8. The number of alkyl halides is 3. The molecule has 0 heterocycles. The summed E-state index contributed by atoms with van der Waals surface area (Å²) < 4.78 is 53.8. The topological polar surface area (TPSA) is 9.23 Å². The summed E-state index contributed by atoms with van der Waals surface area (Å²) in [4.78, 5) is 0. The molecule has 110 valence electrons. The van der Waals surface area contributed by atoms with Crippen molar-refractivity contribution in [2.45, 2.75) is 45.4 Å². The van der Waals surface area contributed by atoms with Crippen LogP contribution >= 0.6 is 0 Å². The smallest absolute Gasteiger partial charge is 0.403 e. The Hall–Kier alpha value is -1.52. The number of rotatable bonds is 4. The first-order chi connectivity index (χ1) is 9.39. The highest BCUT2D eigenvalue weighted by molar-refractivity contribution is 5.43. The molecule has 0 spiro atoms. The van der Waals surface area contributed by atoms with E-state index in [9.17, 15) is 17.6 Å². The minimum atomic E-state index is -4.87. The van der Waals surface area contributed by atoms with Crippen LogP contribution in [0.1, 0.15) is 37.3 Å². The van der Waals surface area contributed by atoms with Gasteiger partial charge in [-0.25, -0.2) is 4.39 Å². The monoisotopic (exact) mass is 288 g/mol. The van der Waals surface area contributed by atoms with E-state index < -0.39 is 17.9 Å². The van der Waals surface area contributed by atoms with Crippen molar-refractivity contribution < 1.29 is 22.3 Å². The van der Waals surface area contributed by atoms with Gasteiger partial charge in [-0.15, -0.1) is 13.2 Å². The number of ether oxygens (including phenoxy) is 1. The van der Waals surface area contributed by atoms with Crippen molar-refractivity contribution in [1.29, 1.82) is 0 Å². The molecule has 0 bridgehead atoms. The van der Waals surface area contributed by atoms with Crippen molar-refractivity contribution in [1.82, 2.24) is 0 Å². The third-order valence-electron chi connectivity index (χ3n) is 3.36. The maximum Gasteiger partial charge on any atom is 0.573 e. The summed E-state index contributed by atoms with van der Waals surface area (Å²) in [6.45, 7) is 2.09. The fourth-order valence-electron chi connectivity index (χ4n) is 2.36. The minimum absolute atomic E-state index is 0.531. The lowest BCUT2D eigenvalue weighted by atomic mass is 9.89. The number of allylic oxidation sites excluding steroid dienone is 2. The Kier molecular flexibility index (Phi) is 4.35. The SMILES string of the molecule is CCCCC1=CCc2cc(OC(F)(F)F)c(F)cc2C1. The van der Waals surface area contributed by atoms with Gasteiger partial charge in [0.2, 0.25) is 0 Å². The number of unbranched alkanes of at least 4 members (excludes halogenated alkanes) is 1. The van der Waals surface area contributed by atoms with Crippen molar-refractivity contribution in [3.05, 3.63) is 40.7 Å². The van der Waals surface area contributed by atoms with Gasteiger partial charge in [-0.1, -0.05) is 25.0 Å². The molecule has 20 heavy (non-hydrogen) atoms. The van der Waals surface area contributed by atoms with Crippen molar-refractivity contribution in [2.24, 2.45) is 0 Å². The van der Waals surface area contributed by atoms with Crippen LogP contribution in [0.2, 0.25) is 0 Å². The van der Waals surface area contributed by atoms with Crippen molar-refractivity contribution in [2.75, 3.05) is 0 Å². The number of hydrogen-bond donors (Lipinski definition) is 0. The number of halogens is 4. The van der Waals surface area contributed by atoms with Crippen LogP contribution in [0, 0.1) is 5.82 Å². The van der Waals surface area contributed by atoms with E-state index in [-0.39, 0.29) is 0 Å². The van der Waals surface area contributed by atoms with E-state index in [1.165, 1.54) is 5.57 Å². The van der Waals surface area contributed by atoms with Gasteiger partial charge in [0, 0.05) is 0 Å². The van der Waals surface area contributed by atoms with Crippen molar-refractivity contribution in [3.8, 4) is 5.75 Å². The maximum atomic E-state index is 13.6. The van der Waals surface area contributed by atoms with E-state index in [1.54, 1.807) is 0 Å². The average molecular weight is 288 g/mol. The van der Waals surface area contributed by atoms with E-state index in [2.05, 4.69) is 11.7 Å². The highest BCUT2D eigenvalue weighted by atomic mass is 19.4. The number of hydrogen-bond acceptors (Lipinski definition) is 1. The molecule has 0 saturated carbocycles. The number of fused-ring (bicyclic) bond motifs is 1. The summed E-state index contributed by atoms with van der Waals surface area (Å²) in [5.41, 5.74) is 2.68. The minimum Gasteiger partial charge on any atom is -0.403 e. The third-order valence-corrected chi connectivity index (χ3v) is 3.36. The molecule has 0 radical (unpaired) electrons. The second kappa shape index (κ2) is 5.85. The Bertz CT molecular complexity index is 517. The lowest BCUT2D eigenvalue weighted by Gasteiger charge is -2.19. The first-order valence-electron chi connectivity index (χ1n) is 6.64. The number of benzene rings is 1. The standard InChI is InChI=1S/C15H16F4O/c1-2-3-4-10-5-6-11-9-14(20-15(17,18)19)13(16)8-12(11)7-10/h5,8-9H,2-4,6-7H2,1H3. The highest BCUT2D eigenvalue weighted by Crippen LogP contribution is 2.32. The van der Waals surface area contributed by atoms with Gasteiger partial charge in [-0.2, -0.15) is 0 Å². The molecular weight excluding hydrogens is 272 g/mol. The van der Waals surface area contributed by atoms with E-state index in [1.807, 2.05) is 6.08 Å². The van der Waals surface area contributed by atoms with Crippen LogP contribution in [0.3, 0.4) is 0 Å². The molecule has 2 rings (SSSR count). The summed E-state index contributed by atoms with van der Waals surface area (Å²) in [6, 6.07) is 2.32. The van der Waals surface area contributed by atoms with Gasteiger partial charge in [0.25, 0.3) is 0 Å². The van der Waals surface area contributed by atoms with Crippen LogP contribution in [0.15, 0.2) is 23.8 Å². The Morgan fingerprint density at radius 1 is 1.20 bits per heavy atom. The van der Waals surface area contributed by atoms with Crippen molar-refractivity contribution in [3.63, 3.8) is 0 Å².